The van der Waals surface area contributed by atoms with E-state index in [-0.39, 0.29) is 0 Å². The molecular formula is C39H84N4. The van der Waals surface area contributed by atoms with E-state index >= 15 is 0 Å². The van der Waals surface area contributed by atoms with Crippen LogP contribution in [0.4, 0.5) is 0 Å². The minimum absolute atomic E-state index is 0.450. The highest BCUT2D eigenvalue weighted by Gasteiger charge is 2.22. The van der Waals surface area contributed by atoms with Gasteiger partial charge in [0.25, 0.3) is 0 Å². The number of rotatable bonds is 8. The summed E-state index contributed by atoms with van der Waals surface area (Å²) in [6, 6.07) is 0.868. The summed E-state index contributed by atoms with van der Waals surface area (Å²) in [6.45, 7) is 42.5. The Labute approximate surface area is 274 Å². The summed E-state index contributed by atoms with van der Waals surface area (Å²) in [5, 5.41) is 0. The molecule has 0 spiro atoms. The van der Waals surface area contributed by atoms with Gasteiger partial charge in [-0.2, -0.15) is 0 Å². The summed E-state index contributed by atoms with van der Waals surface area (Å²) in [4.78, 5) is 10.2. The monoisotopic (exact) mass is 609 g/mol. The van der Waals surface area contributed by atoms with Crippen molar-refractivity contribution < 1.29 is 0 Å². The molecule has 2 heterocycles. The smallest absolute Gasteiger partial charge is 0.00924 e. The second-order valence-electron chi connectivity index (χ2n) is 18.1. The van der Waals surface area contributed by atoms with Gasteiger partial charge >= 0.3 is 0 Å². The summed E-state index contributed by atoms with van der Waals surface area (Å²) in [5.74, 6) is 0.850. The van der Waals surface area contributed by atoms with E-state index in [1.165, 1.54) is 130 Å². The van der Waals surface area contributed by atoms with Crippen LogP contribution in [0.2, 0.25) is 0 Å². The molecule has 2 aliphatic heterocycles. The lowest BCUT2D eigenvalue weighted by Crippen LogP contribution is -2.38. The molecule has 0 amide bonds. The van der Waals surface area contributed by atoms with Gasteiger partial charge in [-0.25, -0.2) is 0 Å². The fraction of sp³-hybridized carbons (Fsp3) is 1.00. The molecule has 0 bridgehead atoms. The van der Waals surface area contributed by atoms with Crippen LogP contribution >= 0.6 is 0 Å². The van der Waals surface area contributed by atoms with E-state index in [2.05, 4.69) is 117 Å². The van der Waals surface area contributed by atoms with E-state index < -0.39 is 0 Å². The number of nitrogens with zero attached hydrogens (tertiary/aromatic N) is 4. The molecule has 2 saturated heterocycles. The summed E-state index contributed by atoms with van der Waals surface area (Å²) in [6.07, 6.45) is 14.3. The van der Waals surface area contributed by atoms with Crippen LogP contribution in [0.15, 0.2) is 0 Å². The van der Waals surface area contributed by atoms with E-state index in [1.54, 1.807) is 0 Å². The molecular weight excluding hydrogens is 524 g/mol. The molecule has 1 aliphatic carbocycles. The molecule has 4 nitrogen and oxygen atoms in total. The first-order valence-electron chi connectivity index (χ1n) is 18.7. The number of hydrogen-bond acceptors (Lipinski definition) is 4. The first kappa shape index (κ1) is 42.8. The Balaban J connectivity index is 0.000000552. The standard InChI is InChI=1S/C12H25N.C10H21N.C9H21N.C8H17N/c1-12(2,3)10-13(4)11-8-6-5-7-9-11;1-10(2,3)9-11-7-5-4-6-8-11;1-6-10(7-2)8-9(3,4)5;1-8(2)7-9-5-3-4-6-9/h11H,5-10H2,1-4H3;4-9H2,1-3H3;6-8H2,1-5H3;8H,3-7H2,1-2H3. The second kappa shape index (κ2) is 22.4. The molecule has 3 aliphatic rings. The maximum absolute atomic E-state index is 2.60. The zero-order chi connectivity index (χ0) is 33.1. The van der Waals surface area contributed by atoms with Crippen molar-refractivity contribution in [2.24, 2.45) is 22.2 Å². The van der Waals surface area contributed by atoms with Crippen LogP contribution in [0.25, 0.3) is 0 Å². The van der Waals surface area contributed by atoms with Crippen molar-refractivity contribution in [2.75, 3.05) is 72.5 Å². The van der Waals surface area contributed by atoms with Crippen molar-refractivity contribution in [3.05, 3.63) is 0 Å². The third-order valence-corrected chi connectivity index (χ3v) is 8.48. The molecule has 4 heteroatoms. The summed E-state index contributed by atoms with van der Waals surface area (Å²) >= 11 is 0. The molecule has 0 aromatic carbocycles. The van der Waals surface area contributed by atoms with Gasteiger partial charge < -0.3 is 19.6 Å². The van der Waals surface area contributed by atoms with Gasteiger partial charge in [0, 0.05) is 32.2 Å². The number of piperidine rings is 1. The maximum atomic E-state index is 2.60. The fourth-order valence-electron chi connectivity index (χ4n) is 6.79. The zero-order valence-electron chi connectivity index (χ0n) is 32.6. The molecule has 0 atom stereocenters. The van der Waals surface area contributed by atoms with Crippen molar-refractivity contribution in [2.45, 2.75) is 160 Å². The molecule has 0 aromatic rings. The van der Waals surface area contributed by atoms with Gasteiger partial charge in [-0.3, -0.25) is 0 Å². The highest BCUT2D eigenvalue weighted by Crippen LogP contribution is 2.24. The van der Waals surface area contributed by atoms with E-state index in [1.807, 2.05) is 0 Å². The average Bonchev–Trinajstić information content (AvgIpc) is 3.39. The van der Waals surface area contributed by atoms with Crippen molar-refractivity contribution in [3.8, 4) is 0 Å². The first-order valence-corrected chi connectivity index (χ1v) is 18.7. The van der Waals surface area contributed by atoms with E-state index in [9.17, 15) is 0 Å². The minimum Gasteiger partial charge on any atom is -0.303 e. The molecule has 43 heavy (non-hydrogen) atoms. The molecule has 0 aromatic heterocycles. The molecule has 0 unspecified atom stereocenters. The second-order valence-corrected chi connectivity index (χ2v) is 18.1. The van der Waals surface area contributed by atoms with Crippen molar-refractivity contribution in [1.82, 2.24) is 19.6 Å². The summed E-state index contributed by atoms with van der Waals surface area (Å²) < 4.78 is 0. The van der Waals surface area contributed by atoms with Crippen molar-refractivity contribution in [3.63, 3.8) is 0 Å². The largest absolute Gasteiger partial charge is 0.303 e. The summed E-state index contributed by atoms with van der Waals surface area (Å²) in [5.41, 5.74) is 1.38. The maximum Gasteiger partial charge on any atom is 0.00924 e. The van der Waals surface area contributed by atoms with E-state index in [0.29, 0.717) is 16.2 Å². The predicted octanol–water partition coefficient (Wildman–Crippen LogP) is 9.93. The Hall–Kier alpha value is -0.160. The zero-order valence-corrected chi connectivity index (χ0v) is 32.6. The Kier molecular flexibility index (Phi) is 22.3. The highest BCUT2D eigenvalue weighted by molar-refractivity contribution is 4.77. The first-order chi connectivity index (χ1) is 19.8. The Morgan fingerprint density at radius 3 is 1.37 bits per heavy atom. The lowest BCUT2D eigenvalue weighted by Gasteiger charge is -2.35. The van der Waals surface area contributed by atoms with Crippen molar-refractivity contribution in [1.29, 1.82) is 0 Å². The molecule has 1 saturated carbocycles. The topological polar surface area (TPSA) is 13.0 Å². The van der Waals surface area contributed by atoms with E-state index in [0.717, 1.165) is 12.0 Å². The third kappa shape index (κ3) is 26.7. The fourth-order valence-corrected chi connectivity index (χ4v) is 6.79. The molecule has 0 radical (unpaired) electrons. The van der Waals surface area contributed by atoms with Gasteiger partial charge in [0.05, 0.1) is 0 Å². The Morgan fingerprint density at radius 2 is 1.00 bits per heavy atom. The summed E-state index contributed by atoms with van der Waals surface area (Å²) in [7, 11) is 2.29. The van der Waals surface area contributed by atoms with Crippen molar-refractivity contribution >= 4 is 0 Å². The van der Waals surface area contributed by atoms with Gasteiger partial charge in [-0.1, -0.05) is 116 Å². The number of hydrogen-bond donors (Lipinski definition) is 0. The quantitative estimate of drug-likeness (QED) is 0.272. The van der Waals surface area contributed by atoms with Gasteiger partial charge in [0.2, 0.25) is 0 Å². The highest BCUT2D eigenvalue weighted by atomic mass is 15.1. The molecule has 3 rings (SSSR count). The van der Waals surface area contributed by atoms with Crippen LogP contribution < -0.4 is 0 Å². The normalized spacial score (nSPS) is 19.5. The Bertz CT molecular complexity index is 617. The SMILES string of the molecule is CC(C)(C)CN1CCCCC1.CC(C)CN1CCCC1.CCN(CC)CC(C)(C)C.CN(CC(C)(C)C)C1CCCCC1. The lowest BCUT2D eigenvalue weighted by molar-refractivity contribution is 0.141. The van der Waals surface area contributed by atoms with Gasteiger partial charge in [0.15, 0.2) is 0 Å². The molecule has 3 fully saturated rings. The Morgan fingerprint density at radius 1 is 0.581 bits per heavy atom. The van der Waals surface area contributed by atoms with Crippen LogP contribution in [0.3, 0.4) is 0 Å². The third-order valence-electron chi connectivity index (χ3n) is 8.48. The predicted molar refractivity (Wildman–Crippen MR) is 196 cm³/mol. The van der Waals surface area contributed by atoms with Crippen LogP contribution in [-0.2, 0) is 0 Å². The molecule has 260 valence electrons. The molecule has 0 N–H and O–H groups in total. The van der Waals surface area contributed by atoms with Crippen LogP contribution in [0.1, 0.15) is 154 Å². The van der Waals surface area contributed by atoms with Gasteiger partial charge in [-0.05, 0) is 107 Å². The average molecular weight is 609 g/mol. The van der Waals surface area contributed by atoms with Crippen LogP contribution in [0.5, 0.6) is 0 Å². The minimum atomic E-state index is 0.450. The lowest BCUT2D eigenvalue weighted by atomic mass is 9.91. The van der Waals surface area contributed by atoms with Crippen LogP contribution in [0, 0.1) is 22.2 Å². The van der Waals surface area contributed by atoms with Crippen LogP contribution in [-0.4, -0.2) is 98.1 Å². The number of likely N-dealkylation sites (tertiary alicyclic amines) is 2. The van der Waals surface area contributed by atoms with Gasteiger partial charge in [0.1, 0.15) is 0 Å². The van der Waals surface area contributed by atoms with E-state index in [4.69, 9.17) is 0 Å². The van der Waals surface area contributed by atoms with Gasteiger partial charge in [-0.15, -0.1) is 0 Å².